The molecule has 2 aliphatic heterocycles. The smallest absolute Gasteiger partial charge is 0.253 e. The summed E-state index contributed by atoms with van der Waals surface area (Å²) in [4.78, 5) is 17.5. The van der Waals surface area contributed by atoms with E-state index in [1.54, 1.807) is 6.07 Å². The number of carbonyl (C=O) groups is 1. The Morgan fingerprint density at radius 1 is 1.06 bits per heavy atom. The molecular weight excluding hydrogens is 426 g/mol. The van der Waals surface area contributed by atoms with E-state index in [1.807, 2.05) is 54.5 Å². The number of rotatable bonds is 4. The molecule has 7 nitrogen and oxygen atoms in total. The molecule has 8 heteroatoms. The molecule has 0 atom stereocenters. The van der Waals surface area contributed by atoms with Crippen molar-refractivity contribution < 1.29 is 17.9 Å². The third-order valence-electron chi connectivity index (χ3n) is 6.85. The van der Waals surface area contributed by atoms with Crippen LogP contribution in [0.3, 0.4) is 0 Å². The van der Waals surface area contributed by atoms with Gasteiger partial charge in [-0.2, -0.15) is 0 Å². The van der Waals surface area contributed by atoms with Gasteiger partial charge in [0.15, 0.2) is 9.84 Å². The van der Waals surface area contributed by atoms with Gasteiger partial charge in [0.1, 0.15) is 10.8 Å². The van der Waals surface area contributed by atoms with Crippen molar-refractivity contribution in [2.24, 2.45) is 0 Å². The van der Waals surface area contributed by atoms with Crippen molar-refractivity contribution in [3.05, 3.63) is 47.2 Å². The van der Waals surface area contributed by atoms with Gasteiger partial charge >= 0.3 is 0 Å². The van der Waals surface area contributed by atoms with Crippen molar-refractivity contribution in [2.75, 3.05) is 32.9 Å². The van der Waals surface area contributed by atoms with Crippen molar-refractivity contribution in [3.8, 4) is 5.75 Å². The Balaban J connectivity index is 1.54. The van der Waals surface area contributed by atoms with Gasteiger partial charge in [-0.1, -0.05) is 0 Å². The summed E-state index contributed by atoms with van der Waals surface area (Å²) in [5.41, 5.74) is 2.43. The van der Waals surface area contributed by atoms with Crippen LogP contribution in [0.4, 0.5) is 0 Å². The van der Waals surface area contributed by atoms with E-state index in [0.717, 1.165) is 36.4 Å². The average molecular weight is 460 g/mol. The summed E-state index contributed by atoms with van der Waals surface area (Å²) in [5, 5.41) is 0.387. The van der Waals surface area contributed by atoms with E-state index in [-0.39, 0.29) is 17.6 Å². The Hall–Kier alpha value is -2.32. The number of ether oxygens (including phenoxy) is 1. The SMILES string of the molecule is Cc1cc(C(=O)N2CCC3(CC2)c2ccc(S(C)(=O)=O)n2CCN3C)ccc1OC(C)C. The van der Waals surface area contributed by atoms with Crippen LogP contribution in [0.2, 0.25) is 0 Å². The van der Waals surface area contributed by atoms with Crippen molar-refractivity contribution in [3.63, 3.8) is 0 Å². The number of amides is 1. The summed E-state index contributed by atoms with van der Waals surface area (Å²) >= 11 is 0. The minimum atomic E-state index is -3.28. The Morgan fingerprint density at radius 2 is 1.75 bits per heavy atom. The van der Waals surface area contributed by atoms with Gasteiger partial charge in [0.2, 0.25) is 0 Å². The van der Waals surface area contributed by atoms with Crippen molar-refractivity contribution in [2.45, 2.75) is 56.8 Å². The number of likely N-dealkylation sites (N-methyl/N-ethyl adjacent to an activating group) is 1. The zero-order valence-corrected chi connectivity index (χ0v) is 20.4. The number of aromatic nitrogens is 1. The summed E-state index contributed by atoms with van der Waals surface area (Å²) in [5.74, 6) is 0.838. The van der Waals surface area contributed by atoms with Crippen LogP contribution < -0.4 is 4.74 Å². The number of hydrogen-bond acceptors (Lipinski definition) is 5. The number of sulfone groups is 1. The van der Waals surface area contributed by atoms with E-state index in [2.05, 4.69) is 11.9 Å². The highest BCUT2D eigenvalue weighted by Gasteiger charge is 2.45. The van der Waals surface area contributed by atoms with Crippen LogP contribution in [0.1, 0.15) is 48.3 Å². The Labute approximate surface area is 190 Å². The molecular formula is C24H33N3O4S. The fourth-order valence-corrected chi connectivity index (χ4v) is 6.04. The largest absolute Gasteiger partial charge is 0.491 e. The summed E-state index contributed by atoms with van der Waals surface area (Å²) in [6.45, 7) is 8.64. The van der Waals surface area contributed by atoms with Gasteiger partial charge in [0, 0.05) is 43.7 Å². The molecule has 1 spiro atoms. The molecule has 0 saturated carbocycles. The number of likely N-dealkylation sites (tertiary alicyclic amines) is 1. The molecule has 2 aliphatic rings. The molecule has 1 aromatic heterocycles. The second-order valence-corrected chi connectivity index (χ2v) is 11.3. The van der Waals surface area contributed by atoms with E-state index >= 15 is 0 Å². The monoisotopic (exact) mass is 459 g/mol. The lowest BCUT2D eigenvalue weighted by atomic mass is 9.81. The van der Waals surface area contributed by atoms with Crippen LogP contribution in [0.25, 0.3) is 0 Å². The highest BCUT2D eigenvalue weighted by Crippen LogP contribution is 2.42. The highest BCUT2D eigenvalue weighted by atomic mass is 32.2. The van der Waals surface area contributed by atoms with Crippen molar-refractivity contribution >= 4 is 15.7 Å². The molecule has 0 radical (unpaired) electrons. The number of aryl methyl sites for hydroxylation is 1. The lowest BCUT2D eigenvalue weighted by molar-refractivity contribution is 0.0117. The zero-order valence-electron chi connectivity index (χ0n) is 19.6. The number of piperidine rings is 1. The molecule has 3 heterocycles. The molecule has 32 heavy (non-hydrogen) atoms. The molecule has 0 bridgehead atoms. The number of carbonyl (C=O) groups excluding carboxylic acids is 1. The van der Waals surface area contributed by atoms with Crippen LogP contribution in [0.5, 0.6) is 5.75 Å². The standard InChI is InChI=1S/C24H33N3O4S/c1-17(2)31-20-7-6-19(16-18(20)3)23(28)26-12-10-24(11-13-26)21-8-9-22(32(5,29)30)27(21)15-14-25(24)4/h6-9,16-17H,10-15H2,1-5H3. The van der Waals surface area contributed by atoms with Crippen LogP contribution in [-0.2, 0) is 21.9 Å². The third kappa shape index (κ3) is 3.94. The summed E-state index contributed by atoms with van der Waals surface area (Å²) in [7, 11) is -1.18. The second-order valence-electron chi connectivity index (χ2n) is 9.37. The molecule has 1 saturated heterocycles. The van der Waals surface area contributed by atoms with E-state index < -0.39 is 9.84 Å². The van der Waals surface area contributed by atoms with Crippen LogP contribution in [0.15, 0.2) is 35.4 Å². The van der Waals surface area contributed by atoms with E-state index in [0.29, 0.717) is 30.2 Å². The van der Waals surface area contributed by atoms with Gasteiger partial charge in [-0.05, 0) is 76.6 Å². The molecule has 0 N–H and O–H groups in total. The van der Waals surface area contributed by atoms with E-state index in [9.17, 15) is 13.2 Å². The fourth-order valence-electron chi connectivity index (χ4n) is 5.14. The summed E-state index contributed by atoms with van der Waals surface area (Å²) in [6.07, 6.45) is 2.90. The lowest BCUT2D eigenvalue weighted by Crippen LogP contribution is -2.56. The first-order valence-corrected chi connectivity index (χ1v) is 13.1. The molecule has 174 valence electrons. The molecule has 1 amide bonds. The molecule has 0 unspecified atom stereocenters. The Kier molecular flexibility index (Phi) is 5.88. The highest BCUT2D eigenvalue weighted by molar-refractivity contribution is 7.90. The van der Waals surface area contributed by atoms with Crippen LogP contribution in [0, 0.1) is 6.92 Å². The molecule has 0 aliphatic carbocycles. The van der Waals surface area contributed by atoms with E-state index in [1.165, 1.54) is 6.26 Å². The molecule has 2 aromatic rings. The molecule has 1 aromatic carbocycles. The average Bonchev–Trinajstić information content (AvgIpc) is 3.18. The Morgan fingerprint density at radius 3 is 2.34 bits per heavy atom. The van der Waals surface area contributed by atoms with Gasteiger partial charge in [-0.3, -0.25) is 9.69 Å². The van der Waals surface area contributed by atoms with Crippen molar-refractivity contribution in [1.82, 2.24) is 14.4 Å². The predicted octanol–water partition coefficient (Wildman–Crippen LogP) is 3.06. The summed E-state index contributed by atoms with van der Waals surface area (Å²) in [6, 6.07) is 9.31. The van der Waals surface area contributed by atoms with Crippen LogP contribution in [-0.4, -0.2) is 67.7 Å². The van der Waals surface area contributed by atoms with Crippen LogP contribution >= 0.6 is 0 Å². The molecule has 4 rings (SSSR count). The maximum Gasteiger partial charge on any atom is 0.253 e. The third-order valence-corrected chi connectivity index (χ3v) is 7.97. The van der Waals surface area contributed by atoms with Gasteiger partial charge in [-0.25, -0.2) is 8.42 Å². The maximum absolute atomic E-state index is 13.2. The second kappa shape index (κ2) is 8.23. The minimum Gasteiger partial charge on any atom is -0.491 e. The number of fused-ring (bicyclic) bond motifs is 2. The Bertz CT molecular complexity index is 1130. The van der Waals surface area contributed by atoms with Gasteiger partial charge in [0.25, 0.3) is 5.91 Å². The quantitative estimate of drug-likeness (QED) is 0.703. The fraction of sp³-hybridized carbons (Fsp3) is 0.542. The van der Waals surface area contributed by atoms with Gasteiger partial charge < -0.3 is 14.2 Å². The normalized spacial score (nSPS) is 18.8. The predicted molar refractivity (Wildman–Crippen MR) is 124 cm³/mol. The topological polar surface area (TPSA) is 71.9 Å². The summed E-state index contributed by atoms with van der Waals surface area (Å²) < 4.78 is 32.2. The number of nitrogens with zero attached hydrogens (tertiary/aromatic N) is 3. The first-order chi connectivity index (χ1) is 15.0. The number of benzene rings is 1. The molecule has 1 fully saturated rings. The first kappa shape index (κ1) is 22.9. The zero-order chi connectivity index (χ0) is 23.3. The van der Waals surface area contributed by atoms with Crippen molar-refractivity contribution in [1.29, 1.82) is 0 Å². The maximum atomic E-state index is 13.2. The number of hydrogen-bond donors (Lipinski definition) is 0. The minimum absolute atomic E-state index is 0.0321. The lowest BCUT2D eigenvalue weighted by Gasteiger charge is -2.50. The van der Waals surface area contributed by atoms with Gasteiger partial charge in [0.05, 0.1) is 11.6 Å². The van der Waals surface area contributed by atoms with Gasteiger partial charge in [-0.15, -0.1) is 0 Å². The van der Waals surface area contributed by atoms with E-state index in [4.69, 9.17) is 4.74 Å². The first-order valence-electron chi connectivity index (χ1n) is 11.2.